The van der Waals surface area contributed by atoms with Crippen molar-refractivity contribution in [2.24, 2.45) is 0 Å². The summed E-state index contributed by atoms with van der Waals surface area (Å²) in [5, 5.41) is 0. The van der Waals surface area contributed by atoms with Crippen LogP contribution in [0.25, 0.3) is 11.0 Å². The molecule has 10 heteroatoms. The molecule has 3 aromatic heterocycles. The molecule has 0 radical (unpaired) electrons. The first kappa shape index (κ1) is 17.9. The number of pyridine rings is 2. The first-order valence-corrected chi connectivity index (χ1v) is 7.70. The smallest absolute Gasteiger partial charge is 0.389 e. The first-order valence-electron chi connectivity index (χ1n) is 7.70. The number of rotatable bonds is 4. The van der Waals surface area contributed by atoms with Crippen LogP contribution in [0.4, 0.5) is 23.2 Å². The molecule has 0 bridgehead atoms. The summed E-state index contributed by atoms with van der Waals surface area (Å²) in [6, 6.07) is 3.13. The van der Waals surface area contributed by atoms with Gasteiger partial charge in [0.25, 0.3) is 5.56 Å². The number of halogens is 4. The number of aryl methyl sites for hydroxylation is 2. The number of hydrogen-bond acceptors (Lipinski definition) is 4. The van der Waals surface area contributed by atoms with Crippen molar-refractivity contribution in [3.63, 3.8) is 0 Å². The highest BCUT2D eigenvalue weighted by molar-refractivity contribution is 5.77. The lowest BCUT2D eigenvalue weighted by Crippen LogP contribution is -2.25. The summed E-state index contributed by atoms with van der Waals surface area (Å²) in [4.78, 5) is 22.7. The molecular weight excluding hydrogens is 354 g/mol. The van der Waals surface area contributed by atoms with Crippen molar-refractivity contribution in [1.82, 2.24) is 19.5 Å². The normalized spacial score (nSPS) is 12.0. The van der Waals surface area contributed by atoms with E-state index in [4.69, 9.17) is 5.73 Å². The molecule has 3 rings (SSSR count). The SMILES string of the molecule is Cc1ccc(N)c(=O)n1Cc1nc2c(F)cnc(CCC(F)(F)F)c2[nH]1. The van der Waals surface area contributed by atoms with Crippen LogP contribution in [0.1, 0.15) is 23.6 Å². The monoisotopic (exact) mass is 369 g/mol. The number of nitrogens with one attached hydrogen (secondary N) is 1. The molecule has 3 aromatic rings. The number of nitrogen functional groups attached to an aromatic ring is 1. The molecule has 0 aliphatic heterocycles. The molecular formula is C16H15F4N5O. The topological polar surface area (TPSA) is 89.6 Å². The van der Waals surface area contributed by atoms with E-state index < -0.39 is 30.4 Å². The van der Waals surface area contributed by atoms with Gasteiger partial charge in [-0.05, 0) is 19.1 Å². The van der Waals surface area contributed by atoms with E-state index in [1.807, 2.05) is 0 Å². The van der Waals surface area contributed by atoms with Crippen molar-refractivity contribution >= 4 is 16.7 Å². The Morgan fingerprint density at radius 3 is 2.73 bits per heavy atom. The molecule has 0 aliphatic rings. The van der Waals surface area contributed by atoms with Gasteiger partial charge in [-0.3, -0.25) is 9.78 Å². The maximum atomic E-state index is 14.0. The minimum atomic E-state index is -4.35. The Balaban J connectivity index is 2.00. The van der Waals surface area contributed by atoms with Gasteiger partial charge in [0.2, 0.25) is 0 Å². The van der Waals surface area contributed by atoms with Gasteiger partial charge in [0.1, 0.15) is 11.3 Å². The fraction of sp³-hybridized carbons (Fsp3) is 0.312. The van der Waals surface area contributed by atoms with Crippen LogP contribution in [0.5, 0.6) is 0 Å². The number of anilines is 1. The Morgan fingerprint density at radius 2 is 2.04 bits per heavy atom. The van der Waals surface area contributed by atoms with Gasteiger partial charge in [0.15, 0.2) is 5.82 Å². The molecule has 0 aromatic carbocycles. The molecule has 0 aliphatic carbocycles. The van der Waals surface area contributed by atoms with Crippen LogP contribution in [0.2, 0.25) is 0 Å². The standard InChI is InChI=1S/C16H15F4N5O/c1-8-2-3-10(21)15(26)25(8)7-12-23-13-9(17)6-22-11(14(13)24-12)4-5-16(18,19)20/h2-3,6H,4-5,7,21H2,1H3,(H,23,24). The Kier molecular flexibility index (Phi) is 4.43. The number of fused-ring (bicyclic) bond motifs is 1. The second kappa shape index (κ2) is 6.43. The van der Waals surface area contributed by atoms with Crippen molar-refractivity contribution in [2.45, 2.75) is 32.5 Å². The largest absolute Gasteiger partial charge is 0.394 e. The van der Waals surface area contributed by atoms with E-state index in [9.17, 15) is 22.4 Å². The van der Waals surface area contributed by atoms with Crippen molar-refractivity contribution in [1.29, 1.82) is 0 Å². The second-order valence-corrected chi connectivity index (χ2v) is 5.90. The third-order valence-electron chi connectivity index (χ3n) is 3.98. The lowest BCUT2D eigenvalue weighted by Gasteiger charge is -2.08. The van der Waals surface area contributed by atoms with Gasteiger partial charge < -0.3 is 15.3 Å². The maximum Gasteiger partial charge on any atom is 0.389 e. The van der Waals surface area contributed by atoms with Gasteiger partial charge in [-0.25, -0.2) is 9.37 Å². The average molecular weight is 369 g/mol. The van der Waals surface area contributed by atoms with Crippen molar-refractivity contribution < 1.29 is 17.6 Å². The first-order chi connectivity index (χ1) is 12.2. The van der Waals surface area contributed by atoms with Crippen LogP contribution in [-0.2, 0) is 13.0 Å². The van der Waals surface area contributed by atoms with Gasteiger partial charge in [0, 0.05) is 18.5 Å². The van der Waals surface area contributed by atoms with Crippen LogP contribution in [0.3, 0.4) is 0 Å². The summed E-state index contributed by atoms with van der Waals surface area (Å²) >= 11 is 0. The molecule has 0 saturated heterocycles. The fourth-order valence-corrected chi connectivity index (χ4v) is 2.62. The van der Waals surface area contributed by atoms with Gasteiger partial charge in [-0.2, -0.15) is 13.2 Å². The Bertz CT molecular complexity index is 1020. The molecule has 3 heterocycles. The van der Waals surface area contributed by atoms with Crippen LogP contribution >= 0.6 is 0 Å². The van der Waals surface area contributed by atoms with Crippen LogP contribution < -0.4 is 11.3 Å². The lowest BCUT2D eigenvalue weighted by molar-refractivity contribution is -0.134. The maximum absolute atomic E-state index is 14.0. The summed E-state index contributed by atoms with van der Waals surface area (Å²) in [7, 11) is 0. The zero-order valence-corrected chi connectivity index (χ0v) is 13.7. The summed E-state index contributed by atoms with van der Waals surface area (Å²) in [6.07, 6.45) is -4.99. The van der Waals surface area contributed by atoms with Gasteiger partial charge >= 0.3 is 6.18 Å². The zero-order valence-electron chi connectivity index (χ0n) is 13.7. The number of aromatic amines is 1. The zero-order chi connectivity index (χ0) is 19.1. The van der Waals surface area contributed by atoms with E-state index in [1.54, 1.807) is 13.0 Å². The number of nitrogens with two attached hydrogens (primary N) is 1. The number of alkyl halides is 3. The summed E-state index contributed by atoms with van der Waals surface area (Å²) in [6.45, 7) is 1.67. The van der Waals surface area contributed by atoms with E-state index in [0.717, 1.165) is 6.20 Å². The summed E-state index contributed by atoms with van der Waals surface area (Å²) < 4.78 is 52.7. The third-order valence-corrected chi connectivity index (χ3v) is 3.98. The quantitative estimate of drug-likeness (QED) is 0.692. The third kappa shape index (κ3) is 3.53. The summed E-state index contributed by atoms with van der Waals surface area (Å²) in [5.74, 6) is -0.536. The molecule has 0 unspecified atom stereocenters. The van der Waals surface area contributed by atoms with Crippen molar-refractivity contribution in [3.05, 3.63) is 51.7 Å². The molecule has 0 spiro atoms. The molecule has 0 amide bonds. The fourth-order valence-electron chi connectivity index (χ4n) is 2.62. The number of nitrogens with zero attached hydrogens (tertiary/aromatic N) is 3. The highest BCUT2D eigenvalue weighted by Crippen LogP contribution is 2.25. The molecule has 0 atom stereocenters. The molecule has 138 valence electrons. The number of hydrogen-bond donors (Lipinski definition) is 2. The van der Waals surface area contributed by atoms with E-state index in [2.05, 4.69) is 15.0 Å². The van der Waals surface area contributed by atoms with Crippen molar-refractivity contribution in [2.75, 3.05) is 5.73 Å². The van der Waals surface area contributed by atoms with Crippen LogP contribution in [0, 0.1) is 12.7 Å². The highest BCUT2D eigenvalue weighted by atomic mass is 19.4. The van der Waals surface area contributed by atoms with Crippen LogP contribution in [0.15, 0.2) is 23.1 Å². The summed E-state index contributed by atoms with van der Waals surface area (Å²) in [5.41, 5.74) is 5.89. The number of aromatic nitrogens is 4. The molecule has 0 saturated carbocycles. The van der Waals surface area contributed by atoms with E-state index >= 15 is 0 Å². The number of H-pyrrole nitrogens is 1. The Hall–Kier alpha value is -2.91. The molecule has 6 nitrogen and oxygen atoms in total. The minimum absolute atomic E-state index is 0.0253. The predicted octanol–water partition coefficient (Wildman–Crippen LogP) is 2.69. The minimum Gasteiger partial charge on any atom is -0.394 e. The van der Waals surface area contributed by atoms with E-state index in [0.29, 0.717) is 5.69 Å². The molecule has 0 fully saturated rings. The predicted molar refractivity (Wildman–Crippen MR) is 87.2 cm³/mol. The molecule has 26 heavy (non-hydrogen) atoms. The lowest BCUT2D eigenvalue weighted by atomic mass is 10.2. The van der Waals surface area contributed by atoms with E-state index in [-0.39, 0.29) is 34.8 Å². The van der Waals surface area contributed by atoms with Gasteiger partial charge in [0.05, 0.1) is 29.6 Å². The highest BCUT2D eigenvalue weighted by Gasteiger charge is 2.27. The van der Waals surface area contributed by atoms with Crippen LogP contribution in [-0.4, -0.2) is 25.7 Å². The van der Waals surface area contributed by atoms with Gasteiger partial charge in [-0.1, -0.05) is 0 Å². The molecule has 3 N–H and O–H groups in total. The second-order valence-electron chi connectivity index (χ2n) is 5.90. The average Bonchev–Trinajstić information content (AvgIpc) is 2.99. The number of imidazole rings is 1. The van der Waals surface area contributed by atoms with Crippen molar-refractivity contribution in [3.8, 4) is 0 Å². The van der Waals surface area contributed by atoms with E-state index in [1.165, 1.54) is 10.6 Å². The Morgan fingerprint density at radius 1 is 1.31 bits per heavy atom. The Labute approximate surface area is 144 Å². The van der Waals surface area contributed by atoms with Gasteiger partial charge in [-0.15, -0.1) is 0 Å².